The summed E-state index contributed by atoms with van der Waals surface area (Å²) >= 11 is 0. The molecule has 2 amide bonds. The SMILES string of the molecule is O=C(NCc1ccccn1)C1(C(=O)NC2CC2)CC1. The molecule has 0 atom stereocenters. The number of hydrogen-bond donors (Lipinski definition) is 2. The van der Waals surface area contributed by atoms with E-state index in [0.29, 0.717) is 25.4 Å². The van der Waals surface area contributed by atoms with Crippen molar-refractivity contribution in [2.45, 2.75) is 38.3 Å². The fraction of sp³-hybridized carbons (Fsp3) is 0.500. The van der Waals surface area contributed by atoms with E-state index in [0.717, 1.165) is 18.5 Å². The topological polar surface area (TPSA) is 71.1 Å². The van der Waals surface area contributed by atoms with Crippen LogP contribution in [0.25, 0.3) is 0 Å². The second-order valence-electron chi connectivity index (χ2n) is 5.33. The normalized spacial score (nSPS) is 19.6. The second-order valence-corrected chi connectivity index (χ2v) is 5.33. The number of nitrogens with zero attached hydrogens (tertiary/aromatic N) is 1. The van der Waals surface area contributed by atoms with Gasteiger partial charge in [0.05, 0.1) is 12.2 Å². The number of amides is 2. The van der Waals surface area contributed by atoms with Crippen molar-refractivity contribution in [3.63, 3.8) is 0 Å². The number of rotatable bonds is 5. The largest absolute Gasteiger partial charge is 0.352 e. The van der Waals surface area contributed by atoms with Crippen molar-refractivity contribution in [3.05, 3.63) is 30.1 Å². The molecule has 0 saturated heterocycles. The summed E-state index contributed by atoms with van der Waals surface area (Å²) in [6.07, 6.45) is 5.07. The Kier molecular flexibility index (Phi) is 2.97. The third kappa shape index (κ3) is 2.59. The van der Waals surface area contributed by atoms with Crippen LogP contribution >= 0.6 is 0 Å². The molecular formula is C14H17N3O2. The van der Waals surface area contributed by atoms with Crippen molar-refractivity contribution in [1.29, 1.82) is 0 Å². The molecule has 0 aliphatic heterocycles. The summed E-state index contributed by atoms with van der Waals surface area (Å²) in [6, 6.07) is 5.86. The lowest BCUT2D eigenvalue weighted by molar-refractivity contribution is -0.137. The third-order valence-corrected chi connectivity index (χ3v) is 3.69. The van der Waals surface area contributed by atoms with Crippen molar-refractivity contribution in [2.75, 3.05) is 0 Å². The average Bonchev–Trinajstić information content (AvgIpc) is 3.30. The summed E-state index contributed by atoms with van der Waals surface area (Å²) in [5.41, 5.74) is -0.00793. The molecule has 0 bridgehead atoms. The Balaban J connectivity index is 1.56. The fourth-order valence-electron chi connectivity index (χ4n) is 2.08. The Bertz CT molecular complexity index is 493. The maximum Gasteiger partial charge on any atom is 0.236 e. The first-order chi connectivity index (χ1) is 9.21. The zero-order valence-electron chi connectivity index (χ0n) is 10.7. The summed E-state index contributed by atoms with van der Waals surface area (Å²) in [5.74, 6) is -0.273. The van der Waals surface area contributed by atoms with Crippen LogP contribution in [0.15, 0.2) is 24.4 Å². The van der Waals surface area contributed by atoms with E-state index in [9.17, 15) is 9.59 Å². The van der Waals surface area contributed by atoms with E-state index in [-0.39, 0.29) is 11.8 Å². The van der Waals surface area contributed by atoms with Gasteiger partial charge in [0.2, 0.25) is 11.8 Å². The number of nitrogens with one attached hydrogen (secondary N) is 2. The van der Waals surface area contributed by atoms with Gasteiger partial charge in [-0.1, -0.05) is 6.07 Å². The van der Waals surface area contributed by atoms with Gasteiger partial charge in [0.1, 0.15) is 5.41 Å². The minimum absolute atomic E-state index is 0.103. The molecule has 2 N–H and O–H groups in total. The first-order valence-corrected chi connectivity index (χ1v) is 6.70. The lowest BCUT2D eigenvalue weighted by Crippen LogP contribution is -2.43. The van der Waals surface area contributed by atoms with E-state index < -0.39 is 5.41 Å². The standard InChI is InChI=1S/C14H17N3O2/c18-12(16-9-11-3-1-2-8-15-11)14(6-7-14)13(19)17-10-4-5-10/h1-3,8,10H,4-7,9H2,(H,16,18)(H,17,19). The molecule has 2 aliphatic rings. The molecule has 1 aromatic heterocycles. The molecule has 5 heteroatoms. The molecule has 0 unspecified atom stereocenters. The van der Waals surface area contributed by atoms with Crippen LogP contribution in [-0.2, 0) is 16.1 Å². The van der Waals surface area contributed by atoms with Gasteiger partial charge in [0.15, 0.2) is 0 Å². The molecule has 0 spiro atoms. The number of hydrogen-bond acceptors (Lipinski definition) is 3. The Morgan fingerprint density at radius 3 is 2.63 bits per heavy atom. The monoisotopic (exact) mass is 259 g/mol. The predicted molar refractivity (Wildman–Crippen MR) is 68.9 cm³/mol. The van der Waals surface area contributed by atoms with Gasteiger partial charge in [-0.2, -0.15) is 0 Å². The van der Waals surface area contributed by atoms with Crippen LogP contribution in [0.5, 0.6) is 0 Å². The van der Waals surface area contributed by atoms with Crippen molar-refractivity contribution < 1.29 is 9.59 Å². The molecule has 0 aromatic carbocycles. The average molecular weight is 259 g/mol. The third-order valence-electron chi connectivity index (χ3n) is 3.69. The quantitative estimate of drug-likeness (QED) is 0.767. The Morgan fingerprint density at radius 2 is 2.05 bits per heavy atom. The molecule has 2 saturated carbocycles. The highest BCUT2D eigenvalue weighted by molar-refractivity contribution is 6.08. The predicted octanol–water partition coefficient (Wildman–Crippen LogP) is 0.757. The van der Waals surface area contributed by atoms with Crippen molar-refractivity contribution in [1.82, 2.24) is 15.6 Å². The molecule has 100 valence electrons. The van der Waals surface area contributed by atoms with E-state index in [1.165, 1.54) is 0 Å². The van der Waals surface area contributed by atoms with Crippen molar-refractivity contribution >= 4 is 11.8 Å². The minimum Gasteiger partial charge on any atom is -0.352 e. The Morgan fingerprint density at radius 1 is 1.26 bits per heavy atom. The van der Waals surface area contributed by atoms with Crippen LogP contribution in [0.2, 0.25) is 0 Å². The Labute approximate surface area is 111 Å². The zero-order chi connectivity index (χ0) is 13.3. The van der Waals surface area contributed by atoms with Crippen LogP contribution in [-0.4, -0.2) is 22.8 Å². The van der Waals surface area contributed by atoms with Gasteiger partial charge in [-0.05, 0) is 37.8 Å². The van der Waals surface area contributed by atoms with Gasteiger partial charge >= 0.3 is 0 Å². The van der Waals surface area contributed by atoms with E-state index in [2.05, 4.69) is 15.6 Å². The van der Waals surface area contributed by atoms with Crippen LogP contribution in [0.1, 0.15) is 31.4 Å². The smallest absolute Gasteiger partial charge is 0.236 e. The lowest BCUT2D eigenvalue weighted by atomic mass is 10.1. The van der Waals surface area contributed by atoms with Crippen LogP contribution in [0.3, 0.4) is 0 Å². The molecular weight excluding hydrogens is 242 g/mol. The van der Waals surface area contributed by atoms with Gasteiger partial charge < -0.3 is 10.6 Å². The summed E-state index contributed by atoms with van der Waals surface area (Å²) in [7, 11) is 0. The van der Waals surface area contributed by atoms with Crippen LogP contribution < -0.4 is 10.6 Å². The van der Waals surface area contributed by atoms with Crippen molar-refractivity contribution in [2.24, 2.45) is 5.41 Å². The van der Waals surface area contributed by atoms with Gasteiger partial charge in [0.25, 0.3) is 0 Å². The molecule has 0 radical (unpaired) electrons. The summed E-state index contributed by atoms with van der Waals surface area (Å²) in [6.45, 7) is 0.373. The Hall–Kier alpha value is -1.91. The maximum atomic E-state index is 12.1. The first-order valence-electron chi connectivity index (χ1n) is 6.70. The van der Waals surface area contributed by atoms with E-state index in [1.807, 2.05) is 18.2 Å². The zero-order valence-corrected chi connectivity index (χ0v) is 10.7. The molecule has 19 heavy (non-hydrogen) atoms. The maximum absolute atomic E-state index is 12.1. The highest BCUT2D eigenvalue weighted by Crippen LogP contribution is 2.46. The molecule has 5 nitrogen and oxygen atoms in total. The number of carbonyl (C=O) groups excluding carboxylic acids is 2. The second kappa shape index (κ2) is 4.64. The molecule has 1 aromatic rings. The molecule has 3 rings (SSSR count). The molecule has 1 heterocycles. The summed E-state index contributed by atoms with van der Waals surface area (Å²) < 4.78 is 0. The molecule has 2 aliphatic carbocycles. The van der Waals surface area contributed by atoms with Gasteiger partial charge in [-0.25, -0.2) is 0 Å². The van der Waals surface area contributed by atoms with Gasteiger partial charge in [-0.15, -0.1) is 0 Å². The number of pyridine rings is 1. The number of aromatic nitrogens is 1. The van der Waals surface area contributed by atoms with Crippen LogP contribution in [0.4, 0.5) is 0 Å². The van der Waals surface area contributed by atoms with Crippen LogP contribution in [0, 0.1) is 5.41 Å². The highest BCUT2D eigenvalue weighted by Gasteiger charge is 2.57. The summed E-state index contributed by atoms with van der Waals surface area (Å²) in [5, 5.41) is 5.73. The molecule has 2 fully saturated rings. The minimum atomic E-state index is -0.808. The van der Waals surface area contributed by atoms with E-state index >= 15 is 0 Å². The van der Waals surface area contributed by atoms with Gasteiger partial charge in [0, 0.05) is 12.2 Å². The van der Waals surface area contributed by atoms with Gasteiger partial charge in [-0.3, -0.25) is 14.6 Å². The number of carbonyl (C=O) groups is 2. The summed E-state index contributed by atoms with van der Waals surface area (Å²) in [4.78, 5) is 28.3. The van der Waals surface area contributed by atoms with Crippen molar-refractivity contribution in [3.8, 4) is 0 Å². The first kappa shape index (κ1) is 12.1. The fourth-order valence-corrected chi connectivity index (χ4v) is 2.08. The lowest BCUT2D eigenvalue weighted by Gasteiger charge is -2.14. The highest BCUT2D eigenvalue weighted by atomic mass is 16.2. The van der Waals surface area contributed by atoms with E-state index in [1.54, 1.807) is 6.20 Å². The van der Waals surface area contributed by atoms with E-state index in [4.69, 9.17) is 0 Å².